The highest BCUT2D eigenvalue weighted by Crippen LogP contribution is 2.33. The van der Waals surface area contributed by atoms with Gasteiger partial charge >= 0.3 is 12.0 Å². The Labute approximate surface area is 138 Å². The summed E-state index contributed by atoms with van der Waals surface area (Å²) in [4.78, 5) is 25.1. The Morgan fingerprint density at radius 3 is 2.55 bits per heavy atom. The number of carbonyl (C=O) groups is 2. The van der Waals surface area contributed by atoms with Crippen molar-refractivity contribution in [2.24, 2.45) is 0 Å². The van der Waals surface area contributed by atoms with Crippen LogP contribution < -0.4 is 5.32 Å². The predicted molar refractivity (Wildman–Crippen MR) is 91.2 cm³/mol. The van der Waals surface area contributed by atoms with Crippen molar-refractivity contribution in [3.05, 3.63) is 35.9 Å². The second-order valence-corrected chi connectivity index (χ2v) is 7.71. The molecule has 22 heavy (non-hydrogen) atoms. The smallest absolute Gasteiger partial charge is 0.325 e. The minimum Gasteiger partial charge on any atom is -0.480 e. The first-order chi connectivity index (χ1) is 10.6. The summed E-state index contributed by atoms with van der Waals surface area (Å²) < 4.78 is 0. The van der Waals surface area contributed by atoms with Gasteiger partial charge in [0.1, 0.15) is 6.04 Å². The minimum atomic E-state index is -1.02. The molecule has 0 aromatic heterocycles. The summed E-state index contributed by atoms with van der Waals surface area (Å²) in [6.07, 6.45) is 0.765. The van der Waals surface area contributed by atoms with E-state index in [1.807, 2.05) is 30.3 Å². The molecule has 1 aromatic carbocycles. The van der Waals surface area contributed by atoms with Crippen molar-refractivity contribution in [2.75, 3.05) is 18.1 Å². The number of carboxylic acids is 1. The van der Waals surface area contributed by atoms with Crippen LogP contribution in [0.2, 0.25) is 0 Å². The van der Waals surface area contributed by atoms with Crippen molar-refractivity contribution < 1.29 is 14.7 Å². The first-order valence-electron chi connectivity index (χ1n) is 7.16. The zero-order chi connectivity index (χ0) is 15.9. The molecule has 0 saturated carbocycles. The molecule has 1 aliphatic heterocycles. The number of amides is 2. The second-order valence-electron chi connectivity index (χ2n) is 5.16. The van der Waals surface area contributed by atoms with E-state index in [4.69, 9.17) is 5.11 Å². The van der Waals surface area contributed by atoms with Gasteiger partial charge in [-0.3, -0.25) is 4.79 Å². The molecule has 1 aromatic rings. The largest absolute Gasteiger partial charge is 0.480 e. The lowest BCUT2D eigenvalue weighted by Crippen LogP contribution is -2.52. The lowest BCUT2D eigenvalue weighted by molar-refractivity contribution is -0.138. The maximum absolute atomic E-state index is 12.4. The Morgan fingerprint density at radius 2 is 1.95 bits per heavy atom. The van der Waals surface area contributed by atoms with Crippen LogP contribution >= 0.6 is 21.6 Å². The molecule has 1 aliphatic rings. The third kappa shape index (κ3) is 4.84. The fraction of sp³-hybridized carbons (Fsp3) is 0.467. The Bertz CT molecular complexity index is 507. The molecule has 0 radical (unpaired) electrons. The number of hydrogen-bond donors (Lipinski definition) is 2. The topological polar surface area (TPSA) is 69.6 Å². The molecule has 5 nitrogen and oxygen atoms in total. The molecule has 120 valence electrons. The zero-order valence-corrected chi connectivity index (χ0v) is 14.0. The highest BCUT2D eigenvalue weighted by atomic mass is 33.1. The van der Waals surface area contributed by atoms with Gasteiger partial charge in [0.2, 0.25) is 0 Å². The van der Waals surface area contributed by atoms with Gasteiger partial charge in [0.05, 0.1) is 6.04 Å². The first kappa shape index (κ1) is 17.0. The van der Waals surface area contributed by atoms with Crippen LogP contribution in [-0.2, 0) is 11.2 Å². The lowest BCUT2D eigenvalue weighted by Gasteiger charge is -2.29. The van der Waals surface area contributed by atoms with Gasteiger partial charge < -0.3 is 15.3 Å². The number of hydrogen-bond acceptors (Lipinski definition) is 4. The van der Waals surface area contributed by atoms with Gasteiger partial charge in [0.25, 0.3) is 0 Å². The molecule has 0 unspecified atom stereocenters. The maximum atomic E-state index is 12.4. The van der Waals surface area contributed by atoms with Gasteiger partial charge in [0.15, 0.2) is 0 Å². The monoisotopic (exact) mass is 340 g/mol. The number of carbonyl (C=O) groups excluding carboxylic acids is 1. The molecule has 1 atom stereocenters. The van der Waals surface area contributed by atoms with E-state index in [0.717, 1.165) is 17.9 Å². The fourth-order valence-electron chi connectivity index (χ4n) is 2.16. The molecule has 0 spiro atoms. The maximum Gasteiger partial charge on any atom is 0.325 e. The summed E-state index contributed by atoms with van der Waals surface area (Å²) >= 11 is 0. The predicted octanol–water partition coefficient (Wildman–Crippen LogP) is 2.48. The summed E-state index contributed by atoms with van der Waals surface area (Å²) in [5.41, 5.74) is 1.17. The van der Waals surface area contributed by atoms with Crippen LogP contribution in [0.25, 0.3) is 0 Å². The summed E-state index contributed by atoms with van der Waals surface area (Å²) in [6.45, 7) is 2.07. The standard InChI is InChI=1S/C15H20N2O3S2/c1-11(14(18)19)16-15(20)17(13-9-21-22-10-13)8-7-12-5-3-2-4-6-12/h2-6,11,13H,7-10H2,1H3,(H,16,20)(H,18,19)/t11-/m0/s1. The summed E-state index contributed by atoms with van der Waals surface area (Å²) in [5.74, 6) is 0.745. The first-order valence-corrected chi connectivity index (χ1v) is 9.65. The molecule has 2 N–H and O–H groups in total. The van der Waals surface area contributed by atoms with Crippen LogP contribution in [0.15, 0.2) is 30.3 Å². The number of carboxylic acid groups (broad SMARTS) is 1. The number of benzene rings is 1. The Kier molecular flexibility index (Phi) is 6.45. The summed E-state index contributed by atoms with van der Waals surface area (Å²) in [5, 5.41) is 11.5. The molecule has 1 fully saturated rings. The second kappa shape index (κ2) is 8.33. The van der Waals surface area contributed by atoms with E-state index in [0.29, 0.717) is 6.54 Å². The quantitative estimate of drug-likeness (QED) is 0.779. The average Bonchev–Trinajstić information content (AvgIpc) is 3.02. The highest BCUT2D eigenvalue weighted by Gasteiger charge is 2.29. The lowest BCUT2D eigenvalue weighted by atomic mass is 10.1. The van der Waals surface area contributed by atoms with Gasteiger partial charge in [-0.05, 0) is 18.9 Å². The van der Waals surface area contributed by atoms with E-state index >= 15 is 0 Å². The van der Waals surface area contributed by atoms with Gasteiger partial charge in [-0.1, -0.05) is 51.9 Å². The molecule has 1 saturated heterocycles. The third-order valence-electron chi connectivity index (χ3n) is 3.50. The minimum absolute atomic E-state index is 0.153. The molecule has 1 heterocycles. The average molecular weight is 340 g/mol. The van der Waals surface area contributed by atoms with Crippen molar-refractivity contribution in [2.45, 2.75) is 25.4 Å². The van der Waals surface area contributed by atoms with E-state index < -0.39 is 12.0 Å². The number of aliphatic carboxylic acids is 1. The van der Waals surface area contributed by atoms with Crippen molar-refractivity contribution >= 4 is 33.6 Å². The Hall–Kier alpha value is -1.34. The van der Waals surface area contributed by atoms with Gasteiger partial charge in [-0.15, -0.1) is 0 Å². The zero-order valence-electron chi connectivity index (χ0n) is 12.4. The van der Waals surface area contributed by atoms with Crippen LogP contribution in [0.4, 0.5) is 4.79 Å². The number of urea groups is 1. The molecule has 0 bridgehead atoms. The third-order valence-corrected chi connectivity index (χ3v) is 6.03. The molecular weight excluding hydrogens is 320 g/mol. The van der Waals surface area contributed by atoms with Gasteiger partial charge in [0, 0.05) is 18.1 Å². The molecule has 0 aliphatic carbocycles. The van der Waals surface area contributed by atoms with E-state index in [2.05, 4.69) is 5.32 Å². The number of nitrogens with zero attached hydrogens (tertiary/aromatic N) is 1. The van der Waals surface area contributed by atoms with Crippen molar-refractivity contribution in [3.8, 4) is 0 Å². The molecular formula is C15H20N2O3S2. The Balaban J connectivity index is 1.99. The van der Waals surface area contributed by atoms with E-state index in [1.54, 1.807) is 26.5 Å². The van der Waals surface area contributed by atoms with Crippen molar-refractivity contribution in [3.63, 3.8) is 0 Å². The van der Waals surface area contributed by atoms with Crippen LogP contribution in [0.5, 0.6) is 0 Å². The highest BCUT2D eigenvalue weighted by molar-refractivity contribution is 8.77. The number of nitrogens with one attached hydrogen (secondary N) is 1. The van der Waals surface area contributed by atoms with Crippen LogP contribution in [0, 0.1) is 0 Å². The van der Waals surface area contributed by atoms with Gasteiger partial charge in [-0.25, -0.2) is 4.79 Å². The van der Waals surface area contributed by atoms with E-state index in [1.165, 1.54) is 12.5 Å². The van der Waals surface area contributed by atoms with E-state index in [9.17, 15) is 9.59 Å². The normalized spacial score (nSPS) is 16.2. The summed E-state index contributed by atoms with van der Waals surface area (Å²) in [7, 11) is 3.51. The SMILES string of the molecule is C[C@H](NC(=O)N(CCc1ccccc1)C1CSSC1)C(=O)O. The van der Waals surface area contributed by atoms with E-state index in [-0.39, 0.29) is 12.1 Å². The fourth-order valence-corrected chi connectivity index (χ4v) is 4.93. The number of rotatable bonds is 6. The molecule has 7 heteroatoms. The van der Waals surface area contributed by atoms with Crippen LogP contribution in [-0.4, -0.2) is 52.1 Å². The van der Waals surface area contributed by atoms with Gasteiger partial charge in [-0.2, -0.15) is 0 Å². The van der Waals surface area contributed by atoms with Crippen molar-refractivity contribution in [1.29, 1.82) is 0 Å². The van der Waals surface area contributed by atoms with Crippen molar-refractivity contribution in [1.82, 2.24) is 10.2 Å². The Morgan fingerprint density at radius 1 is 1.32 bits per heavy atom. The van der Waals surface area contributed by atoms with Crippen LogP contribution in [0.1, 0.15) is 12.5 Å². The molecule has 2 rings (SSSR count). The summed E-state index contributed by atoms with van der Waals surface area (Å²) in [6, 6.07) is 8.97. The molecule has 2 amide bonds. The van der Waals surface area contributed by atoms with Crippen LogP contribution in [0.3, 0.4) is 0 Å².